The predicted octanol–water partition coefficient (Wildman–Crippen LogP) is 3.56. The molecule has 0 N–H and O–H groups in total. The van der Waals surface area contributed by atoms with E-state index in [0.29, 0.717) is 22.0 Å². The van der Waals surface area contributed by atoms with E-state index in [2.05, 4.69) is 9.97 Å². The number of aromatic nitrogens is 3. The molecular weight excluding hydrogens is 260 g/mol. The van der Waals surface area contributed by atoms with Crippen LogP contribution in [0.1, 0.15) is 18.4 Å². The Balaban J connectivity index is 2.60. The summed E-state index contributed by atoms with van der Waals surface area (Å²) < 4.78 is 27.9. The zero-order chi connectivity index (χ0) is 13.5. The second kappa shape index (κ2) is 4.31. The fourth-order valence-electron chi connectivity index (χ4n) is 1.84. The Morgan fingerprint density at radius 1 is 1.39 bits per heavy atom. The summed E-state index contributed by atoms with van der Waals surface area (Å²) >= 11 is 6.06. The molecule has 2 aromatic rings. The van der Waals surface area contributed by atoms with E-state index in [-0.39, 0.29) is 5.82 Å². The molecule has 0 radical (unpaired) electrons. The van der Waals surface area contributed by atoms with Crippen LogP contribution < -0.4 is 0 Å². The second-order valence-corrected chi connectivity index (χ2v) is 4.61. The Kier molecular flexibility index (Phi) is 3.11. The van der Waals surface area contributed by atoms with E-state index in [1.165, 1.54) is 17.8 Å². The normalized spacial score (nSPS) is 11.9. The Labute approximate surface area is 108 Å². The summed E-state index contributed by atoms with van der Waals surface area (Å²) in [4.78, 5) is 8.06. The highest BCUT2D eigenvalue weighted by Gasteiger charge is 2.30. The summed E-state index contributed by atoms with van der Waals surface area (Å²) in [7, 11) is 1.53. The average Bonchev–Trinajstić information content (AvgIpc) is 2.59. The number of pyridine rings is 1. The molecule has 0 aliphatic heterocycles. The van der Waals surface area contributed by atoms with Gasteiger partial charge in [0.2, 0.25) is 0 Å². The molecule has 6 heteroatoms. The molecule has 0 aromatic carbocycles. The molecule has 3 nitrogen and oxygen atoms in total. The fraction of sp³-hybridized carbons (Fsp3) is 0.333. The molecule has 0 bridgehead atoms. The highest BCUT2D eigenvalue weighted by atomic mass is 35.5. The van der Waals surface area contributed by atoms with E-state index >= 15 is 0 Å². The maximum Gasteiger partial charge on any atom is 0.302 e. The summed E-state index contributed by atoms with van der Waals surface area (Å²) in [5.74, 6) is -3.29. The van der Waals surface area contributed by atoms with Crippen molar-refractivity contribution in [2.75, 3.05) is 0 Å². The van der Waals surface area contributed by atoms with Crippen LogP contribution in [-0.4, -0.2) is 14.5 Å². The Morgan fingerprint density at radius 3 is 2.56 bits per heavy atom. The van der Waals surface area contributed by atoms with Crippen LogP contribution in [0.5, 0.6) is 0 Å². The largest absolute Gasteiger partial charge is 0.332 e. The third-order valence-corrected chi connectivity index (χ3v) is 2.93. The molecule has 18 heavy (non-hydrogen) atoms. The molecule has 2 rings (SSSR count). The molecule has 0 saturated carbocycles. The van der Waals surface area contributed by atoms with Crippen molar-refractivity contribution >= 4 is 11.6 Å². The van der Waals surface area contributed by atoms with Crippen LogP contribution in [0.2, 0.25) is 5.02 Å². The third kappa shape index (κ3) is 2.22. The number of rotatable bonds is 2. The van der Waals surface area contributed by atoms with E-state index in [4.69, 9.17) is 11.6 Å². The van der Waals surface area contributed by atoms with Crippen LogP contribution in [0, 0.1) is 6.92 Å². The van der Waals surface area contributed by atoms with Gasteiger partial charge in [-0.25, -0.2) is 4.98 Å². The zero-order valence-electron chi connectivity index (χ0n) is 10.2. The van der Waals surface area contributed by atoms with Gasteiger partial charge in [0.15, 0.2) is 5.82 Å². The molecule has 0 fully saturated rings. The van der Waals surface area contributed by atoms with E-state index in [1.807, 2.05) is 0 Å². The van der Waals surface area contributed by atoms with Gasteiger partial charge < -0.3 is 4.57 Å². The van der Waals surface area contributed by atoms with E-state index in [9.17, 15) is 8.78 Å². The first-order chi connectivity index (χ1) is 8.30. The minimum Gasteiger partial charge on any atom is -0.332 e. The van der Waals surface area contributed by atoms with E-state index in [1.54, 1.807) is 19.2 Å². The molecule has 0 aliphatic carbocycles. The van der Waals surface area contributed by atoms with Gasteiger partial charge in [-0.3, -0.25) is 4.98 Å². The SMILES string of the molecule is Cc1nccc(Cl)c1-c1cn(C)c(C(C)(F)F)n1. The smallest absolute Gasteiger partial charge is 0.302 e. The first-order valence-electron chi connectivity index (χ1n) is 5.34. The zero-order valence-corrected chi connectivity index (χ0v) is 11.0. The topological polar surface area (TPSA) is 30.7 Å². The molecule has 2 aromatic heterocycles. The molecule has 0 amide bonds. The number of aryl methyl sites for hydroxylation is 2. The molecular formula is C12H12ClF2N3. The molecule has 0 atom stereocenters. The van der Waals surface area contributed by atoms with Gasteiger partial charge in [-0.05, 0) is 13.0 Å². The van der Waals surface area contributed by atoms with Crippen LogP contribution >= 0.6 is 11.6 Å². The quantitative estimate of drug-likeness (QED) is 0.836. The van der Waals surface area contributed by atoms with Gasteiger partial charge in [0.1, 0.15) is 0 Å². The summed E-state index contributed by atoms with van der Waals surface area (Å²) in [6.07, 6.45) is 3.10. The number of alkyl halides is 2. The van der Waals surface area contributed by atoms with Crippen LogP contribution in [-0.2, 0) is 13.0 Å². The van der Waals surface area contributed by atoms with Gasteiger partial charge in [0.25, 0.3) is 0 Å². The van der Waals surface area contributed by atoms with Crippen molar-refractivity contribution in [1.29, 1.82) is 0 Å². The molecule has 0 spiro atoms. The van der Waals surface area contributed by atoms with Crippen molar-refractivity contribution in [3.05, 3.63) is 35.0 Å². The Morgan fingerprint density at radius 2 is 2.06 bits per heavy atom. The lowest BCUT2D eigenvalue weighted by molar-refractivity contribution is 0.00509. The minimum atomic E-state index is -2.99. The summed E-state index contributed by atoms with van der Waals surface area (Å²) in [5.41, 5.74) is 1.65. The number of imidazole rings is 1. The average molecular weight is 272 g/mol. The molecule has 0 aliphatic rings. The standard InChI is InChI=1S/C12H12ClF2N3/c1-7-10(8(13)4-5-16-7)9-6-18(3)11(17-9)12(2,14)15/h4-6H,1-3H3. The second-order valence-electron chi connectivity index (χ2n) is 4.20. The van der Waals surface area contributed by atoms with Crippen LogP contribution in [0.4, 0.5) is 8.78 Å². The fourth-order valence-corrected chi connectivity index (χ4v) is 2.13. The van der Waals surface area contributed by atoms with Gasteiger partial charge in [-0.1, -0.05) is 11.6 Å². The summed E-state index contributed by atoms with van der Waals surface area (Å²) in [5, 5.41) is 0.451. The molecule has 0 saturated heterocycles. The van der Waals surface area contributed by atoms with E-state index in [0.717, 1.165) is 6.92 Å². The van der Waals surface area contributed by atoms with E-state index < -0.39 is 5.92 Å². The van der Waals surface area contributed by atoms with Crippen molar-refractivity contribution in [2.45, 2.75) is 19.8 Å². The van der Waals surface area contributed by atoms with Crippen molar-refractivity contribution in [1.82, 2.24) is 14.5 Å². The van der Waals surface area contributed by atoms with Crippen molar-refractivity contribution in [3.8, 4) is 11.3 Å². The third-order valence-electron chi connectivity index (χ3n) is 2.61. The lowest BCUT2D eigenvalue weighted by Crippen LogP contribution is -2.13. The Bertz CT molecular complexity index is 567. The minimum absolute atomic E-state index is 0.295. The number of hydrogen-bond acceptors (Lipinski definition) is 2. The summed E-state index contributed by atoms with van der Waals surface area (Å²) in [6, 6.07) is 1.61. The summed E-state index contributed by atoms with van der Waals surface area (Å²) in [6.45, 7) is 2.58. The van der Waals surface area contributed by atoms with Gasteiger partial charge >= 0.3 is 5.92 Å². The van der Waals surface area contributed by atoms with Crippen molar-refractivity contribution in [2.24, 2.45) is 7.05 Å². The maximum atomic E-state index is 13.3. The lowest BCUT2D eigenvalue weighted by Gasteiger charge is -2.08. The lowest BCUT2D eigenvalue weighted by atomic mass is 10.1. The van der Waals surface area contributed by atoms with Crippen molar-refractivity contribution < 1.29 is 8.78 Å². The molecule has 2 heterocycles. The molecule has 96 valence electrons. The maximum absolute atomic E-state index is 13.3. The first-order valence-corrected chi connectivity index (χ1v) is 5.71. The number of nitrogens with zero attached hydrogens (tertiary/aromatic N) is 3. The van der Waals surface area contributed by atoms with Gasteiger partial charge in [-0.2, -0.15) is 8.78 Å². The molecule has 0 unspecified atom stereocenters. The number of halogens is 3. The Hall–Kier alpha value is -1.49. The van der Waals surface area contributed by atoms with Crippen molar-refractivity contribution in [3.63, 3.8) is 0 Å². The number of hydrogen-bond donors (Lipinski definition) is 0. The highest BCUT2D eigenvalue weighted by molar-refractivity contribution is 6.33. The van der Waals surface area contributed by atoms with Gasteiger partial charge in [-0.15, -0.1) is 0 Å². The van der Waals surface area contributed by atoms with Gasteiger partial charge in [0, 0.05) is 37.6 Å². The predicted molar refractivity (Wildman–Crippen MR) is 65.8 cm³/mol. The first kappa shape index (κ1) is 13.0. The van der Waals surface area contributed by atoms with Gasteiger partial charge in [0.05, 0.1) is 10.7 Å². The van der Waals surface area contributed by atoms with Crippen LogP contribution in [0.15, 0.2) is 18.5 Å². The highest BCUT2D eigenvalue weighted by Crippen LogP contribution is 2.32. The monoisotopic (exact) mass is 271 g/mol. The van der Waals surface area contributed by atoms with Crippen LogP contribution in [0.3, 0.4) is 0 Å². The van der Waals surface area contributed by atoms with Crippen LogP contribution in [0.25, 0.3) is 11.3 Å².